The lowest BCUT2D eigenvalue weighted by molar-refractivity contribution is 0.592. The molecule has 8 rings (SSSR count). The van der Waals surface area contributed by atoms with Crippen LogP contribution in [-0.4, -0.2) is 8.07 Å². The number of para-hydroxylation sites is 2. The van der Waals surface area contributed by atoms with Crippen molar-refractivity contribution in [3.05, 3.63) is 157 Å². The van der Waals surface area contributed by atoms with Gasteiger partial charge >= 0.3 is 0 Å². The van der Waals surface area contributed by atoms with Gasteiger partial charge in [-0.05, 0) is 63.0 Å². The molecule has 0 aliphatic carbocycles. The molecule has 0 spiro atoms. The Hall–Kier alpha value is -4.43. The Morgan fingerprint density at radius 2 is 1.09 bits per heavy atom. The number of anilines is 3. The SMILES string of the molecule is CC1(C)c2ccccc2N(c2ccc(-c3ccc4c(c3)P(=O)(c3ccccc3)c3ccccc3[Si]4(C)C)cc2)c2ccccc21. The molecule has 1 atom stereocenters. The van der Waals surface area contributed by atoms with Gasteiger partial charge in [-0.25, -0.2) is 0 Å². The zero-order chi connectivity index (χ0) is 31.0. The highest BCUT2D eigenvalue weighted by atomic mass is 31.2. The average molecular weight is 618 g/mol. The maximum atomic E-state index is 15.5. The summed E-state index contributed by atoms with van der Waals surface area (Å²) in [5, 5.41) is 5.48. The Labute approximate surface area is 267 Å². The summed E-state index contributed by atoms with van der Waals surface area (Å²) in [7, 11) is -5.13. The molecule has 220 valence electrons. The Bertz CT molecular complexity index is 2100. The van der Waals surface area contributed by atoms with Crippen molar-refractivity contribution in [2.75, 3.05) is 4.90 Å². The summed E-state index contributed by atoms with van der Waals surface area (Å²) in [6.07, 6.45) is 0. The first-order chi connectivity index (χ1) is 21.7. The van der Waals surface area contributed by atoms with E-state index in [-0.39, 0.29) is 5.41 Å². The maximum absolute atomic E-state index is 15.5. The quantitative estimate of drug-likeness (QED) is 0.147. The van der Waals surface area contributed by atoms with Crippen molar-refractivity contribution >= 4 is 58.6 Å². The van der Waals surface area contributed by atoms with Crippen molar-refractivity contribution < 1.29 is 4.57 Å². The van der Waals surface area contributed by atoms with E-state index < -0.39 is 15.2 Å². The molecular formula is C41H36NOPSi. The molecule has 1 unspecified atom stereocenters. The first-order valence-corrected chi connectivity index (χ1v) is 20.4. The van der Waals surface area contributed by atoms with Gasteiger partial charge in [0.15, 0.2) is 7.14 Å². The van der Waals surface area contributed by atoms with Crippen LogP contribution >= 0.6 is 7.14 Å². The number of hydrogen-bond donors (Lipinski definition) is 0. The number of rotatable bonds is 3. The smallest absolute Gasteiger partial charge is 0.170 e. The molecule has 0 aromatic heterocycles. The van der Waals surface area contributed by atoms with Crippen LogP contribution in [0.3, 0.4) is 0 Å². The predicted molar refractivity (Wildman–Crippen MR) is 195 cm³/mol. The molecule has 4 heteroatoms. The van der Waals surface area contributed by atoms with Crippen LogP contribution in [0.5, 0.6) is 0 Å². The van der Waals surface area contributed by atoms with E-state index >= 15 is 4.57 Å². The van der Waals surface area contributed by atoms with Crippen LogP contribution in [0, 0.1) is 0 Å². The second kappa shape index (κ2) is 10.0. The van der Waals surface area contributed by atoms with Crippen LogP contribution in [0.15, 0.2) is 146 Å². The highest BCUT2D eigenvalue weighted by Crippen LogP contribution is 2.52. The summed E-state index contributed by atoms with van der Waals surface area (Å²) in [6, 6.07) is 51.7. The predicted octanol–water partition coefficient (Wildman–Crippen LogP) is 8.24. The molecule has 0 N–H and O–H groups in total. The van der Waals surface area contributed by atoms with Crippen LogP contribution in [-0.2, 0) is 9.98 Å². The molecule has 2 aliphatic rings. The molecular weight excluding hydrogens is 582 g/mol. The van der Waals surface area contributed by atoms with E-state index in [1.54, 1.807) is 0 Å². The van der Waals surface area contributed by atoms with Crippen LogP contribution in [0.2, 0.25) is 13.1 Å². The molecule has 2 aliphatic heterocycles. The molecule has 2 nitrogen and oxygen atoms in total. The zero-order valence-corrected chi connectivity index (χ0v) is 28.1. The largest absolute Gasteiger partial charge is 0.310 e. The Morgan fingerprint density at radius 3 is 1.76 bits per heavy atom. The van der Waals surface area contributed by atoms with Gasteiger partial charge in [0, 0.05) is 27.0 Å². The van der Waals surface area contributed by atoms with Gasteiger partial charge in [0.2, 0.25) is 0 Å². The molecule has 45 heavy (non-hydrogen) atoms. The normalized spacial score (nSPS) is 18.7. The lowest BCUT2D eigenvalue weighted by Crippen LogP contribution is -2.67. The molecule has 6 aromatic rings. The minimum atomic E-state index is -3.06. The third-order valence-corrected chi connectivity index (χ3v) is 17.3. The van der Waals surface area contributed by atoms with Crippen LogP contribution in [0.1, 0.15) is 25.0 Å². The first kappa shape index (κ1) is 28.1. The average Bonchev–Trinajstić information content (AvgIpc) is 3.08. The van der Waals surface area contributed by atoms with Gasteiger partial charge in [-0.15, -0.1) is 0 Å². The van der Waals surface area contributed by atoms with Crippen molar-refractivity contribution in [2.45, 2.75) is 32.4 Å². The molecule has 0 radical (unpaired) electrons. The Balaban J connectivity index is 1.26. The van der Waals surface area contributed by atoms with E-state index in [9.17, 15) is 0 Å². The number of fused-ring (bicyclic) bond motifs is 4. The van der Waals surface area contributed by atoms with Gasteiger partial charge in [0.25, 0.3) is 0 Å². The summed E-state index contributed by atoms with van der Waals surface area (Å²) < 4.78 is 15.5. The molecule has 0 fully saturated rings. The van der Waals surface area contributed by atoms with Gasteiger partial charge in [-0.3, -0.25) is 0 Å². The second-order valence-corrected chi connectivity index (χ2v) is 20.4. The fraction of sp³-hybridized carbons (Fsp3) is 0.122. The summed E-state index contributed by atoms with van der Waals surface area (Å²) in [5.41, 5.74) is 8.35. The van der Waals surface area contributed by atoms with Gasteiger partial charge in [-0.2, -0.15) is 0 Å². The monoisotopic (exact) mass is 617 g/mol. The highest BCUT2D eigenvalue weighted by molar-refractivity contribution is 7.86. The lowest BCUT2D eigenvalue weighted by Gasteiger charge is -2.42. The van der Waals surface area contributed by atoms with Gasteiger partial charge in [-0.1, -0.05) is 142 Å². The second-order valence-electron chi connectivity index (χ2n) is 13.4. The van der Waals surface area contributed by atoms with Crippen LogP contribution in [0.25, 0.3) is 11.1 Å². The number of benzene rings is 6. The van der Waals surface area contributed by atoms with Gasteiger partial charge in [0.1, 0.15) is 8.07 Å². The van der Waals surface area contributed by atoms with Crippen molar-refractivity contribution in [1.29, 1.82) is 0 Å². The van der Waals surface area contributed by atoms with Crippen molar-refractivity contribution in [3.63, 3.8) is 0 Å². The minimum absolute atomic E-state index is 0.0881. The van der Waals surface area contributed by atoms with E-state index in [2.05, 4.69) is 141 Å². The topological polar surface area (TPSA) is 20.3 Å². The van der Waals surface area contributed by atoms with E-state index in [0.29, 0.717) is 0 Å². The van der Waals surface area contributed by atoms with Crippen molar-refractivity contribution in [1.82, 2.24) is 0 Å². The fourth-order valence-corrected chi connectivity index (χ4v) is 15.9. The number of hydrogen-bond acceptors (Lipinski definition) is 2. The minimum Gasteiger partial charge on any atom is -0.310 e. The zero-order valence-electron chi connectivity index (χ0n) is 26.2. The summed E-state index contributed by atoms with van der Waals surface area (Å²) in [4.78, 5) is 2.39. The van der Waals surface area contributed by atoms with Crippen molar-refractivity contribution in [3.8, 4) is 11.1 Å². The third kappa shape index (κ3) is 4.04. The van der Waals surface area contributed by atoms with Crippen LogP contribution < -0.4 is 31.2 Å². The summed E-state index contributed by atoms with van der Waals surface area (Å²) in [5.74, 6) is 0. The van der Waals surface area contributed by atoms with E-state index in [4.69, 9.17) is 0 Å². The van der Waals surface area contributed by atoms with Crippen LogP contribution in [0.4, 0.5) is 17.1 Å². The lowest BCUT2D eigenvalue weighted by atomic mass is 9.73. The molecule has 0 amide bonds. The van der Waals surface area contributed by atoms with Gasteiger partial charge in [0.05, 0.1) is 11.4 Å². The van der Waals surface area contributed by atoms with E-state index in [0.717, 1.165) is 32.7 Å². The summed E-state index contributed by atoms with van der Waals surface area (Å²) in [6.45, 7) is 9.42. The molecule has 2 heterocycles. The first-order valence-electron chi connectivity index (χ1n) is 15.7. The summed E-state index contributed by atoms with van der Waals surface area (Å²) >= 11 is 0. The Kier molecular flexibility index (Phi) is 6.26. The fourth-order valence-electron chi connectivity index (χ4n) is 7.72. The Morgan fingerprint density at radius 1 is 0.556 bits per heavy atom. The van der Waals surface area contributed by atoms with E-state index in [1.165, 1.54) is 32.9 Å². The number of nitrogens with zero attached hydrogens (tertiary/aromatic N) is 1. The molecule has 0 saturated carbocycles. The van der Waals surface area contributed by atoms with E-state index in [1.807, 2.05) is 36.4 Å². The van der Waals surface area contributed by atoms with Gasteiger partial charge < -0.3 is 9.46 Å². The molecule has 0 saturated heterocycles. The standard InChI is InChI=1S/C41H36NOPSi/c1-41(2)33-16-8-10-18-35(33)42(36-19-11-9-17-34(36)41)31-25-22-29(23-26-31)30-24-27-40-38(28-30)44(43,32-14-6-5-7-15-32)37-20-12-13-21-39(37)45(40,3)4/h5-28H,1-4H3. The third-order valence-electron chi connectivity index (χ3n) is 10.1. The van der Waals surface area contributed by atoms with Crippen molar-refractivity contribution in [2.24, 2.45) is 0 Å². The maximum Gasteiger partial charge on any atom is 0.170 e. The molecule has 0 bridgehead atoms. The highest BCUT2D eigenvalue weighted by Gasteiger charge is 2.45. The molecule has 6 aromatic carbocycles.